The van der Waals surface area contributed by atoms with E-state index in [4.69, 9.17) is 0 Å². The average Bonchev–Trinajstić information content (AvgIpc) is 2.31. The van der Waals surface area contributed by atoms with Gasteiger partial charge in [0.15, 0.2) is 0 Å². The van der Waals surface area contributed by atoms with E-state index < -0.39 is 0 Å². The third-order valence-corrected chi connectivity index (χ3v) is 3.58. The predicted octanol–water partition coefficient (Wildman–Crippen LogP) is 1.90. The zero-order valence-corrected chi connectivity index (χ0v) is 12.9. The highest BCUT2D eigenvalue weighted by molar-refractivity contribution is 4.74. The highest BCUT2D eigenvalue weighted by Crippen LogP contribution is 2.07. The summed E-state index contributed by atoms with van der Waals surface area (Å²) < 4.78 is 0. The lowest BCUT2D eigenvalue weighted by atomic mass is 10.1. The molecule has 1 aliphatic rings. The molecule has 0 aromatic rings. The van der Waals surface area contributed by atoms with E-state index in [9.17, 15) is 0 Å². The standard InChI is InChI=1S/C15H33N3/c1-5-6-16-11-15(4)13-18-9-7-17(8-10-18)12-14(2)3/h14-16H,5-13H2,1-4H3. The second-order valence-electron chi connectivity index (χ2n) is 6.30. The van der Waals surface area contributed by atoms with Crippen LogP contribution in [0.25, 0.3) is 0 Å². The van der Waals surface area contributed by atoms with Crippen molar-refractivity contribution in [1.29, 1.82) is 0 Å². The first-order chi connectivity index (χ1) is 8.61. The Morgan fingerprint density at radius 2 is 1.50 bits per heavy atom. The summed E-state index contributed by atoms with van der Waals surface area (Å²) in [5, 5.41) is 3.52. The molecule has 1 N–H and O–H groups in total. The molecule has 108 valence electrons. The minimum atomic E-state index is 0.771. The third-order valence-electron chi connectivity index (χ3n) is 3.58. The van der Waals surface area contributed by atoms with Gasteiger partial charge in [0.1, 0.15) is 0 Å². The molecule has 0 bridgehead atoms. The van der Waals surface area contributed by atoms with E-state index in [0.717, 1.165) is 18.4 Å². The molecule has 1 aliphatic heterocycles. The Labute approximate surface area is 114 Å². The zero-order chi connectivity index (χ0) is 13.4. The topological polar surface area (TPSA) is 18.5 Å². The zero-order valence-electron chi connectivity index (χ0n) is 12.9. The molecule has 0 aliphatic carbocycles. The Balaban J connectivity index is 2.11. The molecule has 3 nitrogen and oxygen atoms in total. The van der Waals surface area contributed by atoms with Gasteiger partial charge in [-0.25, -0.2) is 0 Å². The van der Waals surface area contributed by atoms with Crippen LogP contribution in [0.3, 0.4) is 0 Å². The fourth-order valence-electron chi connectivity index (χ4n) is 2.70. The first-order valence-electron chi connectivity index (χ1n) is 7.77. The molecule has 1 atom stereocenters. The van der Waals surface area contributed by atoms with Gasteiger partial charge in [-0.05, 0) is 31.3 Å². The number of nitrogens with one attached hydrogen (secondary N) is 1. The van der Waals surface area contributed by atoms with Gasteiger partial charge in [-0.3, -0.25) is 0 Å². The molecular formula is C15H33N3. The lowest BCUT2D eigenvalue weighted by molar-refractivity contribution is 0.111. The monoisotopic (exact) mass is 255 g/mol. The summed E-state index contributed by atoms with van der Waals surface area (Å²) >= 11 is 0. The largest absolute Gasteiger partial charge is 0.316 e. The summed E-state index contributed by atoms with van der Waals surface area (Å²) in [7, 11) is 0. The van der Waals surface area contributed by atoms with Crippen LogP contribution in [0.15, 0.2) is 0 Å². The minimum Gasteiger partial charge on any atom is -0.316 e. The summed E-state index contributed by atoms with van der Waals surface area (Å²) in [6.45, 7) is 19.1. The van der Waals surface area contributed by atoms with Gasteiger partial charge in [0.2, 0.25) is 0 Å². The normalized spacial score (nSPS) is 20.5. The van der Waals surface area contributed by atoms with Crippen molar-refractivity contribution in [3.05, 3.63) is 0 Å². The van der Waals surface area contributed by atoms with Crippen LogP contribution in [0.5, 0.6) is 0 Å². The lowest BCUT2D eigenvalue weighted by Gasteiger charge is -2.36. The number of nitrogens with zero attached hydrogens (tertiary/aromatic N) is 2. The van der Waals surface area contributed by atoms with Crippen LogP contribution in [0, 0.1) is 11.8 Å². The van der Waals surface area contributed by atoms with Gasteiger partial charge in [-0.2, -0.15) is 0 Å². The van der Waals surface area contributed by atoms with Crippen LogP contribution in [0.1, 0.15) is 34.1 Å². The van der Waals surface area contributed by atoms with Crippen LogP contribution in [-0.4, -0.2) is 62.2 Å². The Bertz CT molecular complexity index is 198. The van der Waals surface area contributed by atoms with Crippen molar-refractivity contribution >= 4 is 0 Å². The fourth-order valence-corrected chi connectivity index (χ4v) is 2.70. The molecule has 18 heavy (non-hydrogen) atoms. The highest BCUT2D eigenvalue weighted by Gasteiger charge is 2.18. The van der Waals surface area contributed by atoms with E-state index in [-0.39, 0.29) is 0 Å². The fraction of sp³-hybridized carbons (Fsp3) is 1.00. The molecule has 1 saturated heterocycles. The second-order valence-corrected chi connectivity index (χ2v) is 6.30. The molecule has 0 aromatic heterocycles. The van der Waals surface area contributed by atoms with Gasteiger partial charge < -0.3 is 15.1 Å². The highest BCUT2D eigenvalue weighted by atomic mass is 15.3. The van der Waals surface area contributed by atoms with Crippen LogP contribution >= 0.6 is 0 Å². The first kappa shape index (κ1) is 15.9. The Hall–Kier alpha value is -0.120. The Morgan fingerprint density at radius 1 is 0.944 bits per heavy atom. The summed E-state index contributed by atoms with van der Waals surface area (Å²) in [5.41, 5.74) is 0. The third kappa shape index (κ3) is 6.72. The molecule has 0 aromatic carbocycles. The molecule has 1 heterocycles. The van der Waals surface area contributed by atoms with Gasteiger partial charge in [-0.1, -0.05) is 27.7 Å². The number of hydrogen-bond donors (Lipinski definition) is 1. The van der Waals surface area contributed by atoms with Crippen molar-refractivity contribution in [2.45, 2.75) is 34.1 Å². The van der Waals surface area contributed by atoms with E-state index in [1.807, 2.05) is 0 Å². The maximum absolute atomic E-state index is 3.52. The van der Waals surface area contributed by atoms with Gasteiger partial charge in [0.05, 0.1) is 0 Å². The maximum atomic E-state index is 3.52. The maximum Gasteiger partial charge on any atom is 0.0110 e. The molecule has 0 spiro atoms. The van der Waals surface area contributed by atoms with E-state index in [1.165, 1.54) is 52.2 Å². The summed E-state index contributed by atoms with van der Waals surface area (Å²) in [5.74, 6) is 1.57. The van der Waals surface area contributed by atoms with Crippen molar-refractivity contribution in [2.24, 2.45) is 11.8 Å². The van der Waals surface area contributed by atoms with Crippen LogP contribution in [-0.2, 0) is 0 Å². The van der Waals surface area contributed by atoms with Gasteiger partial charge in [0, 0.05) is 39.3 Å². The van der Waals surface area contributed by atoms with E-state index >= 15 is 0 Å². The molecule has 1 rings (SSSR count). The van der Waals surface area contributed by atoms with Crippen molar-refractivity contribution in [2.75, 3.05) is 52.4 Å². The summed E-state index contributed by atoms with van der Waals surface area (Å²) in [6, 6.07) is 0. The van der Waals surface area contributed by atoms with E-state index in [2.05, 4.69) is 42.8 Å². The molecule has 0 radical (unpaired) electrons. The lowest BCUT2D eigenvalue weighted by Crippen LogP contribution is -2.49. The molecular weight excluding hydrogens is 222 g/mol. The molecule has 3 heteroatoms. The van der Waals surface area contributed by atoms with Crippen molar-refractivity contribution in [3.8, 4) is 0 Å². The molecule has 1 unspecified atom stereocenters. The summed E-state index contributed by atoms with van der Waals surface area (Å²) in [4.78, 5) is 5.25. The average molecular weight is 255 g/mol. The number of rotatable bonds is 8. The molecule has 0 saturated carbocycles. The molecule has 1 fully saturated rings. The predicted molar refractivity (Wildman–Crippen MR) is 80.0 cm³/mol. The van der Waals surface area contributed by atoms with Crippen molar-refractivity contribution in [3.63, 3.8) is 0 Å². The Kier molecular flexibility index (Phi) is 7.87. The summed E-state index contributed by atoms with van der Waals surface area (Å²) in [6.07, 6.45) is 1.24. The Morgan fingerprint density at radius 3 is 2.00 bits per heavy atom. The quantitative estimate of drug-likeness (QED) is 0.668. The number of hydrogen-bond acceptors (Lipinski definition) is 3. The van der Waals surface area contributed by atoms with E-state index in [0.29, 0.717) is 0 Å². The van der Waals surface area contributed by atoms with Gasteiger partial charge in [-0.15, -0.1) is 0 Å². The minimum absolute atomic E-state index is 0.771. The van der Waals surface area contributed by atoms with Crippen LogP contribution in [0.4, 0.5) is 0 Å². The smallest absolute Gasteiger partial charge is 0.0110 e. The first-order valence-corrected chi connectivity index (χ1v) is 7.77. The van der Waals surface area contributed by atoms with Gasteiger partial charge >= 0.3 is 0 Å². The van der Waals surface area contributed by atoms with Crippen LogP contribution in [0.2, 0.25) is 0 Å². The SMILES string of the molecule is CCCNCC(C)CN1CCN(CC(C)C)CC1. The second kappa shape index (κ2) is 8.89. The number of piperazine rings is 1. The van der Waals surface area contributed by atoms with Gasteiger partial charge in [0.25, 0.3) is 0 Å². The van der Waals surface area contributed by atoms with E-state index in [1.54, 1.807) is 0 Å². The van der Waals surface area contributed by atoms with Crippen molar-refractivity contribution in [1.82, 2.24) is 15.1 Å². The van der Waals surface area contributed by atoms with Crippen molar-refractivity contribution < 1.29 is 0 Å². The molecule has 0 amide bonds. The van der Waals surface area contributed by atoms with Crippen LogP contribution < -0.4 is 5.32 Å².